The average Bonchev–Trinajstić information content (AvgIpc) is 2.28. The van der Waals surface area contributed by atoms with Crippen molar-refractivity contribution in [3.63, 3.8) is 0 Å². The topological polar surface area (TPSA) is 42.3 Å². The molecule has 0 saturated heterocycles. The SMILES string of the molecule is N=C(OCCc1ccc(OC(F)(F)F)cc1)C(Cl)(Cl)Cl. The summed E-state index contributed by atoms with van der Waals surface area (Å²) in [6, 6.07) is 5.26. The summed E-state index contributed by atoms with van der Waals surface area (Å²) in [6.07, 6.45) is -4.38. The van der Waals surface area contributed by atoms with Crippen LogP contribution in [0.4, 0.5) is 13.2 Å². The first kappa shape index (κ1) is 17.2. The molecule has 3 nitrogen and oxygen atoms in total. The number of rotatable bonds is 4. The molecule has 0 aliphatic heterocycles. The molecule has 1 aromatic rings. The second kappa shape index (κ2) is 6.74. The van der Waals surface area contributed by atoms with E-state index in [1.165, 1.54) is 24.3 Å². The van der Waals surface area contributed by atoms with E-state index in [-0.39, 0.29) is 12.4 Å². The fourth-order valence-corrected chi connectivity index (χ4v) is 1.37. The molecule has 20 heavy (non-hydrogen) atoms. The molecule has 0 radical (unpaired) electrons. The fraction of sp³-hybridized carbons (Fsp3) is 0.364. The van der Waals surface area contributed by atoms with Gasteiger partial charge in [0, 0.05) is 6.42 Å². The van der Waals surface area contributed by atoms with Gasteiger partial charge in [-0.3, -0.25) is 5.41 Å². The van der Waals surface area contributed by atoms with Gasteiger partial charge >= 0.3 is 6.36 Å². The Balaban J connectivity index is 2.45. The van der Waals surface area contributed by atoms with E-state index in [9.17, 15) is 13.2 Å². The Labute approximate surface area is 128 Å². The second-order valence-electron chi connectivity index (χ2n) is 3.62. The van der Waals surface area contributed by atoms with Crippen molar-refractivity contribution in [2.24, 2.45) is 0 Å². The summed E-state index contributed by atoms with van der Waals surface area (Å²) in [5.41, 5.74) is 0.691. The van der Waals surface area contributed by atoms with Crippen molar-refractivity contribution < 1.29 is 22.6 Å². The van der Waals surface area contributed by atoms with E-state index in [2.05, 4.69) is 4.74 Å². The molecule has 0 saturated carbocycles. The molecule has 0 aliphatic rings. The van der Waals surface area contributed by atoms with Crippen LogP contribution < -0.4 is 4.74 Å². The van der Waals surface area contributed by atoms with Gasteiger partial charge in [-0.2, -0.15) is 0 Å². The number of nitrogens with one attached hydrogen (secondary N) is 1. The van der Waals surface area contributed by atoms with Crippen molar-refractivity contribution in [2.75, 3.05) is 6.61 Å². The number of halogens is 6. The lowest BCUT2D eigenvalue weighted by Crippen LogP contribution is -2.22. The van der Waals surface area contributed by atoms with Crippen molar-refractivity contribution in [3.8, 4) is 5.75 Å². The Morgan fingerprint density at radius 1 is 1.10 bits per heavy atom. The first-order chi connectivity index (χ1) is 9.08. The van der Waals surface area contributed by atoms with E-state index in [1.807, 2.05) is 0 Å². The zero-order valence-electron chi connectivity index (χ0n) is 9.81. The molecule has 0 atom stereocenters. The smallest absolute Gasteiger partial charge is 0.478 e. The highest BCUT2D eigenvalue weighted by Crippen LogP contribution is 2.27. The highest BCUT2D eigenvalue weighted by molar-refractivity contribution is 6.76. The normalized spacial score (nSPS) is 12.1. The molecule has 1 aromatic carbocycles. The zero-order valence-corrected chi connectivity index (χ0v) is 12.1. The molecule has 112 valence electrons. The van der Waals surface area contributed by atoms with Crippen LogP contribution in [0.25, 0.3) is 0 Å². The molecule has 9 heteroatoms. The minimum Gasteiger partial charge on any atom is -0.478 e. The fourth-order valence-electron chi connectivity index (χ4n) is 1.21. The third-order valence-electron chi connectivity index (χ3n) is 2.05. The third-order valence-corrected chi connectivity index (χ3v) is 2.57. The van der Waals surface area contributed by atoms with Crippen molar-refractivity contribution in [1.29, 1.82) is 5.41 Å². The van der Waals surface area contributed by atoms with Gasteiger partial charge in [-0.15, -0.1) is 13.2 Å². The zero-order chi connectivity index (χ0) is 15.4. The molecule has 1 rings (SSSR count). The Hall–Kier alpha value is -0.850. The van der Waals surface area contributed by atoms with E-state index in [1.54, 1.807) is 0 Å². The predicted octanol–water partition coefficient (Wildman–Crippen LogP) is 4.49. The first-order valence-electron chi connectivity index (χ1n) is 5.21. The number of ether oxygens (including phenoxy) is 2. The quantitative estimate of drug-likeness (QED) is 0.494. The number of benzene rings is 1. The van der Waals surface area contributed by atoms with Crippen LogP contribution in [0.1, 0.15) is 5.56 Å². The van der Waals surface area contributed by atoms with E-state index >= 15 is 0 Å². The predicted molar refractivity (Wildman–Crippen MR) is 70.8 cm³/mol. The minimum atomic E-state index is -4.72. The highest BCUT2D eigenvalue weighted by Gasteiger charge is 2.31. The van der Waals surface area contributed by atoms with Gasteiger partial charge in [-0.1, -0.05) is 46.9 Å². The Kier molecular flexibility index (Phi) is 5.79. The van der Waals surface area contributed by atoms with Crippen LogP contribution in [0.15, 0.2) is 24.3 Å². The van der Waals surface area contributed by atoms with E-state index in [0.29, 0.717) is 12.0 Å². The van der Waals surface area contributed by atoms with Gasteiger partial charge in [0.15, 0.2) is 0 Å². The number of hydrogen-bond acceptors (Lipinski definition) is 3. The summed E-state index contributed by atoms with van der Waals surface area (Å²) in [7, 11) is 0. The summed E-state index contributed by atoms with van der Waals surface area (Å²) in [5, 5.41) is 7.28. The first-order valence-corrected chi connectivity index (χ1v) is 6.34. The molecule has 0 fully saturated rings. The van der Waals surface area contributed by atoms with E-state index in [0.717, 1.165) is 0 Å². The largest absolute Gasteiger partial charge is 0.573 e. The van der Waals surface area contributed by atoms with Gasteiger partial charge in [0.25, 0.3) is 3.79 Å². The molecule has 0 spiro atoms. The van der Waals surface area contributed by atoms with Gasteiger partial charge < -0.3 is 9.47 Å². The van der Waals surface area contributed by atoms with Gasteiger partial charge in [0.1, 0.15) is 5.75 Å². The lowest BCUT2D eigenvalue weighted by Gasteiger charge is -2.13. The molecule has 0 heterocycles. The molecule has 0 aliphatic carbocycles. The number of alkyl halides is 6. The maximum Gasteiger partial charge on any atom is 0.573 e. The molecule has 0 aromatic heterocycles. The summed E-state index contributed by atoms with van der Waals surface area (Å²) in [6.45, 7) is 0.0617. The van der Waals surface area contributed by atoms with Crippen LogP contribution in [0.5, 0.6) is 5.75 Å². The molecule has 0 amide bonds. The van der Waals surface area contributed by atoms with Gasteiger partial charge in [0.2, 0.25) is 5.90 Å². The summed E-state index contributed by atoms with van der Waals surface area (Å²) in [4.78, 5) is 0. The maximum atomic E-state index is 11.9. The van der Waals surface area contributed by atoms with Gasteiger partial charge in [-0.25, -0.2) is 0 Å². The summed E-state index contributed by atoms with van der Waals surface area (Å²) in [5.74, 6) is -0.823. The maximum absolute atomic E-state index is 11.9. The molecule has 0 unspecified atom stereocenters. The minimum absolute atomic E-state index is 0.0617. The Morgan fingerprint density at radius 2 is 1.65 bits per heavy atom. The van der Waals surface area contributed by atoms with Crippen LogP contribution in [0.3, 0.4) is 0 Å². The molecular formula is C11H9Cl3F3NO2. The summed E-state index contributed by atoms with van der Waals surface area (Å²) >= 11 is 16.2. The van der Waals surface area contributed by atoms with Crippen LogP contribution >= 0.6 is 34.8 Å². The van der Waals surface area contributed by atoms with Gasteiger partial charge in [-0.05, 0) is 17.7 Å². The third kappa shape index (κ3) is 6.54. The van der Waals surface area contributed by atoms with Crippen LogP contribution in [-0.4, -0.2) is 22.7 Å². The molecule has 0 bridgehead atoms. The van der Waals surface area contributed by atoms with Crippen molar-refractivity contribution >= 4 is 40.7 Å². The number of hydrogen-bond donors (Lipinski definition) is 1. The average molecular weight is 351 g/mol. The van der Waals surface area contributed by atoms with Crippen LogP contribution in [-0.2, 0) is 11.2 Å². The summed E-state index contributed by atoms with van der Waals surface area (Å²) < 4.78 is 42.5. The lowest BCUT2D eigenvalue weighted by atomic mass is 10.1. The van der Waals surface area contributed by atoms with E-state index in [4.69, 9.17) is 44.9 Å². The second-order valence-corrected chi connectivity index (χ2v) is 5.90. The molecule has 1 N–H and O–H groups in total. The lowest BCUT2D eigenvalue weighted by molar-refractivity contribution is -0.274. The van der Waals surface area contributed by atoms with Crippen molar-refractivity contribution in [1.82, 2.24) is 0 Å². The van der Waals surface area contributed by atoms with Crippen LogP contribution in [0.2, 0.25) is 0 Å². The van der Waals surface area contributed by atoms with Gasteiger partial charge in [0.05, 0.1) is 6.61 Å². The van der Waals surface area contributed by atoms with Crippen LogP contribution in [0, 0.1) is 5.41 Å². The van der Waals surface area contributed by atoms with Crippen molar-refractivity contribution in [3.05, 3.63) is 29.8 Å². The monoisotopic (exact) mass is 349 g/mol. The van der Waals surface area contributed by atoms with Crippen molar-refractivity contribution in [2.45, 2.75) is 16.6 Å². The Morgan fingerprint density at radius 3 is 2.10 bits per heavy atom. The Bertz CT molecular complexity index is 457. The highest BCUT2D eigenvalue weighted by atomic mass is 35.6. The standard InChI is InChI=1S/C11H9Cl3F3NO2/c12-10(13,14)9(18)19-6-5-7-1-3-8(4-2-7)20-11(15,16)17/h1-4,18H,5-6H2. The van der Waals surface area contributed by atoms with E-state index < -0.39 is 16.1 Å². The molecular weight excluding hydrogens is 341 g/mol.